The average molecular weight is 353 g/mol. The second kappa shape index (κ2) is 7.31. The normalized spacial score (nSPS) is 11.1. The molecule has 1 N–H and O–H groups in total. The number of hydrogen-bond acceptors (Lipinski definition) is 2. The topological polar surface area (TPSA) is 46.4 Å². The van der Waals surface area contributed by atoms with Crippen molar-refractivity contribution in [3.8, 4) is 5.69 Å². The molecule has 3 rings (SSSR count). The van der Waals surface area contributed by atoms with Gasteiger partial charge in [-0.2, -0.15) is 5.10 Å². The number of aromatic nitrogens is 1. The lowest BCUT2D eigenvalue weighted by molar-refractivity contribution is 0.0954. The fraction of sp³-hybridized carbons (Fsp3) is 0.100. The zero-order valence-corrected chi connectivity index (χ0v) is 14.3. The summed E-state index contributed by atoms with van der Waals surface area (Å²) in [5.41, 5.74) is 6.08. The van der Waals surface area contributed by atoms with Gasteiger partial charge in [0, 0.05) is 28.2 Å². The molecule has 132 valence electrons. The summed E-state index contributed by atoms with van der Waals surface area (Å²) in [6.07, 6.45) is 1.53. The van der Waals surface area contributed by atoms with E-state index in [0.717, 1.165) is 28.7 Å². The maximum absolute atomic E-state index is 13.2. The van der Waals surface area contributed by atoms with Crippen LogP contribution in [0.1, 0.15) is 27.3 Å². The summed E-state index contributed by atoms with van der Waals surface area (Å²) < 4.78 is 28.2. The summed E-state index contributed by atoms with van der Waals surface area (Å²) in [5.74, 6) is -1.27. The Hall–Kier alpha value is -3.28. The van der Waals surface area contributed by atoms with E-state index in [1.807, 2.05) is 24.5 Å². The van der Waals surface area contributed by atoms with Crippen LogP contribution in [0.3, 0.4) is 0 Å². The first-order valence-corrected chi connectivity index (χ1v) is 7.99. The van der Waals surface area contributed by atoms with Crippen LogP contribution in [0, 0.1) is 25.5 Å². The minimum absolute atomic E-state index is 0.193. The standard InChI is InChI=1S/C20H17F2N3O/c1-13-10-16(14(2)25(13)19-8-6-17(21)7-9-19)12-23-24-20(26)15-4-3-5-18(22)11-15/h3-12H,1-2H3,(H,24,26)/b23-12-. The first-order chi connectivity index (χ1) is 12.5. The van der Waals surface area contributed by atoms with Gasteiger partial charge in [-0.3, -0.25) is 4.79 Å². The van der Waals surface area contributed by atoms with Crippen LogP contribution in [-0.2, 0) is 0 Å². The van der Waals surface area contributed by atoms with Crippen molar-refractivity contribution in [2.45, 2.75) is 13.8 Å². The number of aryl methyl sites for hydroxylation is 1. The van der Waals surface area contributed by atoms with E-state index in [1.54, 1.807) is 12.1 Å². The Bertz CT molecular complexity index is 975. The number of hydrogen-bond donors (Lipinski definition) is 1. The number of nitrogens with one attached hydrogen (secondary N) is 1. The van der Waals surface area contributed by atoms with E-state index < -0.39 is 11.7 Å². The molecule has 2 aromatic carbocycles. The van der Waals surface area contributed by atoms with Gasteiger partial charge in [0.15, 0.2) is 0 Å². The molecule has 0 aliphatic rings. The second-order valence-electron chi connectivity index (χ2n) is 5.85. The van der Waals surface area contributed by atoms with Gasteiger partial charge >= 0.3 is 0 Å². The molecule has 3 aromatic rings. The van der Waals surface area contributed by atoms with E-state index in [4.69, 9.17) is 0 Å². The van der Waals surface area contributed by atoms with Gasteiger partial charge in [-0.1, -0.05) is 6.07 Å². The van der Waals surface area contributed by atoms with Crippen molar-refractivity contribution in [2.75, 3.05) is 0 Å². The molecular weight excluding hydrogens is 336 g/mol. The monoisotopic (exact) mass is 353 g/mol. The summed E-state index contributed by atoms with van der Waals surface area (Å²) in [7, 11) is 0. The predicted molar refractivity (Wildman–Crippen MR) is 96.7 cm³/mol. The minimum Gasteiger partial charge on any atom is -0.318 e. The summed E-state index contributed by atoms with van der Waals surface area (Å²) in [6, 6.07) is 13.5. The van der Waals surface area contributed by atoms with Gasteiger partial charge in [0.1, 0.15) is 11.6 Å². The number of hydrazone groups is 1. The Morgan fingerprint density at radius 3 is 2.46 bits per heavy atom. The molecule has 1 amide bonds. The van der Waals surface area contributed by atoms with Crippen LogP contribution in [0.15, 0.2) is 59.7 Å². The number of carbonyl (C=O) groups is 1. The smallest absolute Gasteiger partial charge is 0.271 e. The van der Waals surface area contributed by atoms with Crippen LogP contribution in [0.2, 0.25) is 0 Å². The van der Waals surface area contributed by atoms with E-state index in [-0.39, 0.29) is 11.4 Å². The van der Waals surface area contributed by atoms with Crippen LogP contribution < -0.4 is 5.43 Å². The molecule has 0 aliphatic heterocycles. The molecule has 0 fully saturated rings. The molecule has 26 heavy (non-hydrogen) atoms. The first kappa shape index (κ1) is 17.5. The van der Waals surface area contributed by atoms with Crippen molar-refractivity contribution >= 4 is 12.1 Å². The molecule has 0 bridgehead atoms. The molecule has 0 unspecified atom stereocenters. The maximum atomic E-state index is 13.2. The first-order valence-electron chi connectivity index (χ1n) is 7.99. The zero-order valence-electron chi connectivity index (χ0n) is 14.3. The van der Waals surface area contributed by atoms with Gasteiger partial charge in [-0.05, 0) is 62.4 Å². The quantitative estimate of drug-likeness (QED) is 0.556. The van der Waals surface area contributed by atoms with Crippen LogP contribution in [-0.4, -0.2) is 16.7 Å². The highest BCUT2D eigenvalue weighted by Crippen LogP contribution is 2.20. The highest BCUT2D eigenvalue weighted by atomic mass is 19.1. The molecular formula is C20H17F2N3O. The molecule has 0 aliphatic carbocycles. The molecule has 6 heteroatoms. The van der Waals surface area contributed by atoms with Gasteiger partial charge in [-0.15, -0.1) is 0 Å². The maximum Gasteiger partial charge on any atom is 0.271 e. The Morgan fingerprint density at radius 2 is 1.77 bits per heavy atom. The largest absolute Gasteiger partial charge is 0.318 e. The van der Waals surface area contributed by atoms with E-state index in [9.17, 15) is 13.6 Å². The Morgan fingerprint density at radius 1 is 1.04 bits per heavy atom. The third kappa shape index (κ3) is 3.69. The van der Waals surface area contributed by atoms with Crippen LogP contribution in [0.25, 0.3) is 5.69 Å². The molecule has 4 nitrogen and oxygen atoms in total. The fourth-order valence-electron chi connectivity index (χ4n) is 2.76. The highest BCUT2D eigenvalue weighted by molar-refractivity contribution is 5.95. The van der Waals surface area contributed by atoms with E-state index >= 15 is 0 Å². The third-order valence-electron chi connectivity index (χ3n) is 4.01. The second-order valence-corrected chi connectivity index (χ2v) is 5.85. The fourth-order valence-corrected chi connectivity index (χ4v) is 2.76. The van der Waals surface area contributed by atoms with Crippen molar-refractivity contribution in [2.24, 2.45) is 5.10 Å². The predicted octanol–water partition coefficient (Wildman–Crippen LogP) is 4.14. The van der Waals surface area contributed by atoms with Crippen LogP contribution >= 0.6 is 0 Å². The number of rotatable bonds is 4. The number of carbonyl (C=O) groups excluding carboxylic acids is 1. The molecule has 1 aromatic heterocycles. The highest BCUT2D eigenvalue weighted by Gasteiger charge is 2.10. The molecule has 1 heterocycles. The van der Waals surface area contributed by atoms with Crippen molar-refractivity contribution in [1.29, 1.82) is 0 Å². The van der Waals surface area contributed by atoms with E-state index in [1.165, 1.54) is 36.5 Å². The lowest BCUT2D eigenvalue weighted by atomic mass is 10.2. The summed E-state index contributed by atoms with van der Waals surface area (Å²) in [6.45, 7) is 3.84. The SMILES string of the molecule is Cc1cc(/C=N\NC(=O)c2cccc(F)c2)c(C)n1-c1ccc(F)cc1. The molecule has 0 spiro atoms. The Kier molecular flexibility index (Phi) is 4.93. The third-order valence-corrected chi connectivity index (χ3v) is 4.01. The summed E-state index contributed by atoms with van der Waals surface area (Å²) in [4.78, 5) is 12.0. The minimum atomic E-state index is -0.493. The Labute approximate surface area is 149 Å². The van der Waals surface area contributed by atoms with Crippen molar-refractivity contribution in [1.82, 2.24) is 9.99 Å². The van der Waals surface area contributed by atoms with Gasteiger partial charge < -0.3 is 4.57 Å². The number of halogens is 2. The summed E-state index contributed by atoms with van der Waals surface area (Å²) >= 11 is 0. The number of nitrogens with zero attached hydrogens (tertiary/aromatic N) is 2. The molecule has 0 saturated carbocycles. The van der Waals surface area contributed by atoms with Crippen molar-refractivity contribution in [3.05, 3.63) is 88.7 Å². The van der Waals surface area contributed by atoms with Gasteiger partial charge in [0.2, 0.25) is 0 Å². The van der Waals surface area contributed by atoms with Crippen molar-refractivity contribution < 1.29 is 13.6 Å². The van der Waals surface area contributed by atoms with E-state index in [2.05, 4.69) is 10.5 Å². The number of benzene rings is 2. The molecule has 0 atom stereocenters. The van der Waals surface area contributed by atoms with Crippen LogP contribution in [0.4, 0.5) is 8.78 Å². The van der Waals surface area contributed by atoms with Gasteiger partial charge in [0.05, 0.1) is 6.21 Å². The Balaban J connectivity index is 1.78. The zero-order chi connectivity index (χ0) is 18.7. The average Bonchev–Trinajstić information content (AvgIpc) is 2.89. The van der Waals surface area contributed by atoms with Gasteiger partial charge in [0.25, 0.3) is 5.91 Å². The molecule has 0 saturated heterocycles. The van der Waals surface area contributed by atoms with Crippen LogP contribution in [0.5, 0.6) is 0 Å². The van der Waals surface area contributed by atoms with E-state index in [0.29, 0.717) is 0 Å². The lowest BCUT2D eigenvalue weighted by Gasteiger charge is -2.09. The number of amides is 1. The van der Waals surface area contributed by atoms with Crippen molar-refractivity contribution in [3.63, 3.8) is 0 Å². The lowest BCUT2D eigenvalue weighted by Crippen LogP contribution is -2.17. The van der Waals surface area contributed by atoms with Gasteiger partial charge in [-0.25, -0.2) is 14.2 Å². The summed E-state index contributed by atoms with van der Waals surface area (Å²) in [5, 5.41) is 3.95. The molecule has 0 radical (unpaired) electrons.